The van der Waals surface area contributed by atoms with Gasteiger partial charge in [0.15, 0.2) is 16.8 Å². The Labute approximate surface area is 202 Å². The largest absolute Gasteiger partial charge is 0.325 e. The van der Waals surface area contributed by atoms with E-state index >= 15 is 0 Å². The van der Waals surface area contributed by atoms with Gasteiger partial charge in [-0.15, -0.1) is 10.2 Å². The number of carbonyl (C=O) groups excluding carboxylic acids is 2. The van der Waals surface area contributed by atoms with Crippen LogP contribution in [0.3, 0.4) is 0 Å². The molecule has 0 atom stereocenters. The van der Waals surface area contributed by atoms with E-state index in [1.54, 1.807) is 28.9 Å². The molecule has 174 valence electrons. The van der Waals surface area contributed by atoms with Gasteiger partial charge in [-0.1, -0.05) is 53.7 Å². The molecule has 0 aliphatic rings. The van der Waals surface area contributed by atoms with Crippen LogP contribution in [0.2, 0.25) is 0 Å². The minimum absolute atomic E-state index is 0.0468. The summed E-state index contributed by atoms with van der Waals surface area (Å²) in [5.41, 5.74) is 5.06. The van der Waals surface area contributed by atoms with Gasteiger partial charge in [0.25, 0.3) is 0 Å². The van der Waals surface area contributed by atoms with Gasteiger partial charge in [0, 0.05) is 36.6 Å². The van der Waals surface area contributed by atoms with Crippen LogP contribution < -0.4 is 5.32 Å². The lowest BCUT2D eigenvalue weighted by atomic mass is 10.1. The van der Waals surface area contributed by atoms with E-state index in [0.717, 1.165) is 16.8 Å². The predicted molar refractivity (Wildman–Crippen MR) is 134 cm³/mol. The summed E-state index contributed by atoms with van der Waals surface area (Å²) in [7, 11) is 1.88. The Balaban J connectivity index is 1.53. The number of benzene rings is 2. The van der Waals surface area contributed by atoms with E-state index in [-0.39, 0.29) is 17.4 Å². The summed E-state index contributed by atoms with van der Waals surface area (Å²) in [4.78, 5) is 24.1. The number of hydrogen-bond acceptors (Lipinski definition) is 6. The maximum absolute atomic E-state index is 12.5. The van der Waals surface area contributed by atoms with E-state index in [2.05, 4.69) is 51.8 Å². The zero-order chi connectivity index (χ0) is 24.2. The first-order chi connectivity index (χ1) is 16.4. The van der Waals surface area contributed by atoms with E-state index < -0.39 is 0 Å². The summed E-state index contributed by atoms with van der Waals surface area (Å²) in [6, 6.07) is 15.1. The maximum Gasteiger partial charge on any atom is 0.234 e. The van der Waals surface area contributed by atoms with Gasteiger partial charge in [-0.05, 0) is 32.9 Å². The first kappa shape index (κ1) is 23.4. The van der Waals surface area contributed by atoms with Crippen LogP contribution in [0.15, 0.2) is 59.9 Å². The molecule has 1 N–H and O–H groups in total. The van der Waals surface area contributed by atoms with Crippen LogP contribution >= 0.6 is 11.8 Å². The van der Waals surface area contributed by atoms with Crippen molar-refractivity contribution >= 4 is 29.1 Å². The normalized spacial score (nSPS) is 10.9. The van der Waals surface area contributed by atoms with Crippen molar-refractivity contribution in [2.24, 2.45) is 7.05 Å². The number of anilines is 1. The van der Waals surface area contributed by atoms with Crippen LogP contribution in [0.25, 0.3) is 22.6 Å². The Hall–Kier alpha value is -3.72. The van der Waals surface area contributed by atoms with Crippen LogP contribution in [0.4, 0.5) is 5.69 Å². The van der Waals surface area contributed by atoms with E-state index in [1.165, 1.54) is 24.2 Å². The van der Waals surface area contributed by atoms with Gasteiger partial charge in [0.2, 0.25) is 5.91 Å². The molecule has 0 fully saturated rings. The number of carbonyl (C=O) groups is 2. The summed E-state index contributed by atoms with van der Waals surface area (Å²) >= 11 is 1.32. The summed E-state index contributed by atoms with van der Waals surface area (Å²) in [5.74, 6) is 0.651. The number of nitrogens with one attached hydrogen (secondary N) is 1. The van der Waals surface area contributed by atoms with Crippen molar-refractivity contribution in [2.45, 2.75) is 32.5 Å². The van der Waals surface area contributed by atoms with E-state index in [0.29, 0.717) is 28.8 Å². The summed E-state index contributed by atoms with van der Waals surface area (Å²) in [6.45, 7) is 6.22. The fraction of sp³-hybridized carbons (Fsp3) is 0.240. The minimum atomic E-state index is -0.181. The first-order valence-electron chi connectivity index (χ1n) is 10.9. The third-order valence-electron chi connectivity index (χ3n) is 5.31. The number of aromatic nitrogens is 5. The molecule has 4 aromatic rings. The Morgan fingerprint density at radius 2 is 1.85 bits per heavy atom. The third kappa shape index (κ3) is 5.09. The van der Waals surface area contributed by atoms with E-state index in [4.69, 9.17) is 0 Å². The number of thioether (sulfide) groups is 1. The van der Waals surface area contributed by atoms with Gasteiger partial charge in [0.1, 0.15) is 5.69 Å². The van der Waals surface area contributed by atoms with Crippen molar-refractivity contribution in [1.29, 1.82) is 0 Å². The number of nitrogens with zero attached hydrogens (tertiary/aromatic N) is 5. The summed E-state index contributed by atoms with van der Waals surface area (Å²) in [5, 5.41) is 16.9. The zero-order valence-corrected chi connectivity index (χ0v) is 20.4. The molecule has 2 heterocycles. The fourth-order valence-electron chi connectivity index (χ4n) is 3.60. The second kappa shape index (κ2) is 10.0. The number of rotatable bonds is 8. The average molecular weight is 475 g/mol. The second-order valence-corrected chi connectivity index (χ2v) is 8.90. The zero-order valence-electron chi connectivity index (χ0n) is 19.6. The van der Waals surface area contributed by atoms with Gasteiger partial charge in [-0.3, -0.25) is 14.3 Å². The second-order valence-electron chi connectivity index (χ2n) is 7.96. The van der Waals surface area contributed by atoms with Crippen molar-refractivity contribution in [3.8, 4) is 22.6 Å². The topological polar surface area (TPSA) is 94.7 Å². The molecule has 0 spiro atoms. The van der Waals surface area contributed by atoms with Crippen molar-refractivity contribution in [3.05, 3.63) is 65.9 Å². The molecule has 1 amide bonds. The Morgan fingerprint density at radius 1 is 1.09 bits per heavy atom. The monoisotopic (exact) mass is 474 g/mol. The molecule has 9 heteroatoms. The van der Waals surface area contributed by atoms with E-state index in [9.17, 15) is 9.59 Å². The number of Topliss-reactive ketones (excluding diaryl/α,β-unsaturated/α-hetero) is 1. The Bertz CT molecular complexity index is 1340. The van der Waals surface area contributed by atoms with Crippen LogP contribution in [0.5, 0.6) is 0 Å². The highest BCUT2D eigenvalue weighted by molar-refractivity contribution is 7.99. The molecule has 0 radical (unpaired) electrons. The highest BCUT2D eigenvalue weighted by Gasteiger charge is 2.20. The smallest absolute Gasteiger partial charge is 0.234 e. The SMILES string of the molecule is CCn1c(SCC(=O)Nc2cccc(C(C)=O)c2)nnc1-c1cn(C)nc1-c1ccc(C)cc1. The van der Waals surface area contributed by atoms with Crippen molar-refractivity contribution < 1.29 is 9.59 Å². The number of ketones is 1. The highest BCUT2D eigenvalue weighted by Crippen LogP contribution is 2.32. The molecule has 0 unspecified atom stereocenters. The first-order valence-corrected chi connectivity index (χ1v) is 11.9. The quantitative estimate of drug-likeness (QED) is 0.296. The highest BCUT2D eigenvalue weighted by atomic mass is 32.2. The molecule has 0 aliphatic carbocycles. The lowest BCUT2D eigenvalue weighted by Gasteiger charge is -2.08. The Kier molecular flexibility index (Phi) is 6.93. The standard InChI is InChI=1S/C25H26N6O2S/c1-5-31-24(21-14-30(4)29-23(21)18-11-9-16(2)10-12-18)27-28-25(31)34-15-22(33)26-20-8-6-7-19(13-20)17(3)32/h6-14H,5,15H2,1-4H3,(H,26,33). The lowest BCUT2D eigenvalue weighted by Crippen LogP contribution is -2.15. The van der Waals surface area contributed by atoms with Gasteiger partial charge >= 0.3 is 0 Å². The van der Waals surface area contributed by atoms with Crippen LogP contribution in [-0.2, 0) is 18.4 Å². The van der Waals surface area contributed by atoms with Crippen LogP contribution in [-0.4, -0.2) is 42.0 Å². The van der Waals surface area contributed by atoms with E-state index in [1.807, 2.05) is 24.7 Å². The Morgan fingerprint density at radius 3 is 2.56 bits per heavy atom. The number of amides is 1. The lowest BCUT2D eigenvalue weighted by molar-refractivity contribution is -0.113. The van der Waals surface area contributed by atoms with Crippen molar-refractivity contribution in [2.75, 3.05) is 11.1 Å². The molecular weight excluding hydrogens is 448 g/mol. The molecule has 4 rings (SSSR count). The summed E-state index contributed by atoms with van der Waals surface area (Å²) < 4.78 is 3.76. The molecule has 0 bridgehead atoms. The predicted octanol–water partition coefficient (Wildman–Crippen LogP) is 4.61. The number of hydrogen-bond donors (Lipinski definition) is 1. The van der Waals surface area contributed by atoms with Crippen molar-refractivity contribution in [3.63, 3.8) is 0 Å². The average Bonchev–Trinajstić information content (AvgIpc) is 3.41. The van der Waals surface area contributed by atoms with Gasteiger partial charge < -0.3 is 9.88 Å². The van der Waals surface area contributed by atoms with Gasteiger partial charge in [0.05, 0.1) is 11.3 Å². The third-order valence-corrected chi connectivity index (χ3v) is 6.28. The van der Waals surface area contributed by atoms with Crippen LogP contribution in [0, 0.1) is 6.92 Å². The fourth-order valence-corrected chi connectivity index (χ4v) is 4.40. The molecule has 0 saturated heterocycles. The number of aryl methyl sites for hydroxylation is 2. The summed E-state index contributed by atoms with van der Waals surface area (Å²) in [6.07, 6.45) is 1.94. The van der Waals surface area contributed by atoms with Gasteiger partial charge in [-0.25, -0.2) is 0 Å². The molecule has 0 saturated carbocycles. The molecular formula is C25H26N6O2S. The molecule has 34 heavy (non-hydrogen) atoms. The molecule has 2 aromatic carbocycles. The maximum atomic E-state index is 12.5. The minimum Gasteiger partial charge on any atom is -0.325 e. The van der Waals surface area contributed by atoms with Gasteiger partial charge in [-0.2, -0.15) is 5.10 Å². The molecule has 8 nitrogen and oxygen atoms in total. The molecule has 2 aromatic heterocycles. The van der Waals surface area contributed by atoms with Crippen LogP contribution in [0.1, 0.15) is 29.8 Å². The molecule has 0 aliphatic heterocycles. The van der Waals surface area contributed by atoms with Crippen molar-refractivity contribution in [1.82, 2.24) is 24.5 Å².